The summed E-state index contributed by atoms with van der Waals surface area (Å²) in [6.45, 7) is 3.62. The Kier molecular flexibility index (Phi) is 3.65. The molecule has 2 rings (SSSR count). The van der Waals surface area contributed by atoms with Crippen LogP contribution < -0.4 is 4.74 Å². The minimum Gasteiger partial charge on any atom is -0.493 e. The summed E-state index contributed by atoms with van der Waals surface area (Å²) in [6.07, 6.45) is 1.03. The largest absolute Gasteiger partial charge is 0.493 e. The Morgan fingerprint density at radius 2 is 2.29 bits per heavy atom. The van der Waals surface area contributed by atoms with E-state index in [4.69, 9.17) is 10.00 Å². The van der Waals surface area contributed by atoms with E-state index in [9.17, 15) is 0 Å². The molecule has 1 aliphatic heterocycles. The van der Waals surface area contributed by atoms with Crippen molar-refractivity contribution in [1.29, 1.82) is 5.26 Å². The Morgan fingerprint density at radius 3 is 3.06 bits per heavy atom. The van der Waals surface area contributed by atoms with Gasteiger partial charge in [-0.3, -0.25) is 4.90 Å². The minimum absolute atomic E-state index is 0.0370. The third kappa shape index (κ3) is 2.59. The molecule has 3 nitrogen and oxygen atoms in total. The van der Waals surface area contributed by atoms with E-state index in [2.05, 4.69) is 17.0 Å². The van der Waals surface area contributed by atoms with Crippen molar-refractivity contribution in [3.05, 3.63) is 29.8 Å². The summed E-state index contributed by atoms with van der Waals surface area (Å²) in [7, 11) is 2.01. The number of rotatable bonds is 3. The molecule has 17 heavy (non-hydrogen) atoms. The van der Waals surface area contributed by atoms with Gasteiger partial charge in [0, 0.05) is 12.5 Å². The Hall–Kier alpha value is -1.53. The van der Waals surface area contributed by atoms with Crippen molar-refractivity contribution >= 4 is 0 Å². The minimum atomic E-state index is -0.0370. The van der Waals surface area contributed by atoms with E-state index >= 15 is 0 Å². The molecule has 2 atom stereocenters. The van der Waals surface area contributed by atoms with Crippen LogP contribution in [0.3, 0.4) is 0 Å². The summed E-state index contributed by atoms with van der Waals surface area (Å²) in [6, 6.07) is 10.4. The van der Waals surface area contributed by atoms with E-state index in [0.29, 0.717) is 5.92 Å². The fourth-order valence-corrected chi connectivity index (χ4v) is 2.21. The maximum absolute atomic E-state index is 8.91. The van der Waals surface area contributed by atoms with Crippen LogP contribution in [0.2, 0.25) is 0 Å². The summed E-state index contributed by atoms with van der Waals surface area (Å²) in [5.41, 5.74) is 1.27. The van der Waals surface area contributed by atoms with Crippen molar-refractivity contribution in [3.8, 4) is 11.8 Å². The summed E-state index contributed by atoms with van der Waals surface area (Å²) < 4.78 is 5.64. The molecule has 0 N–H and O–H groups in total. The molecule has 0 aromatic heterocycles. The fraction of sp³-hybridized carbons (Fsp3) is 0.500. The summed E-state index contributed by atoms with van der Waals surface area (Å²) in [5.74, 6) is 1.47. The van der Waals surface area contributed by atoms with Gasteiger partial charge in [0.1, 0.15) is 5.75 Å². The van der Waals surface area contributed by atoms with Crippen LogP contribution >= 0.6 is 0 Å². The standard InChI is InChI=1S/C14H18N2O/c1-11(9-15)16(2)10-12-7-8-17-14-6-4-3-5-13(12)14/h3-6,11-12H,7-8,10H2,1-2H3. The van der Waals surface area contributed by atoms with Crippen LogP contribution in [0.4, 0.5) is 0 Å². The molecule has 0 spiro atoms. The normalized spacial score (nSPS) is 20.2. The van der Waals surface area contributed by atoms with Crippen molar-refractivity contribution in [2.45, 2.75) is 25.3 Å². The summed E-state index contributed by atoms with van der Waals surface area (Å²) in [5, 5.41) is 8.91. The van der Waals surface area contributed by atoms with Crippen molar-refractivity contribution in [2.75, 3.05) is 20.2 Å². The van der Waals surface area contributed by atoms with Crippen LogP contribution in [0.15, 0.2) is 24.3 Å². The zero-order chi connectivity index (χ0) is 12.3. The number of hydrogen-bond donors (Lipinski definition) is 0. The molecule has 1 aromatic carbocycles. The van der Waals surface area contributed by atoms with Gasteiger partial charge < -0.3 is 4.74 Å². The van der Waals surface area contributed by atoms with Gasteiger partial charge in [-0.05, 0) is 32.0 Å². The van der Waals surface area contributed by atoms with Gasteiger partial charge in [-0.15, -0.1) is 0 Å². The first-order valence-corrected chi connectivity index (χ1v) is 6.04. The lowest BCUT2D eigenvalue weighted by Crippen LogP contribution is -2.33. The number of para-hydroxylation sites is 1. The molecule has 0 aliphatic carbocycles. The smallest absolute Gasteiger partial charge is 0.122 e. The molecule has 0 bridgehead atoms. The second kappa shape index (κ2) is 5.20. The first kappa shape index (κ1) is 11.9. The Bertz CT molecular complexity index is 424. The molecule has 0 saturated carbocycles. The maximum atomic E-state index is 8.91. The number of fused-ring (bicyclic) bond motifs is 1. The number of ether oxygens (including phenoxy) is 1. The van der Waals surface area contributed by atoms with E-state index in [1.807, 2.05) is 32.2 Å². The Morgan fingerprint density at radius 1 is 1.53 bits per heavy atom. The average Bonchev–Trinajstić information content (AvgIpc) is 2.38. The quantitative estimate of drug-likeness (QED) is 0.800. The van der Waals surface area contributed by atoms with E-state index in [1.54, 1.807) is 0 Å². The molecule has 1 heterocycles. The third-order valence-electron chi connectivity index (χ3n) is 3.44. The van der Waals surface area contributed by atoms with Crippen molar-refractivity contribution in [3.63, 3.8) is 0 Å². The summed E-state index contributed by atoms with van der Waals surface area (Å²) >= 11 is 0. The van der Waals surface area contributed by atoms with Gasteiger partial charge in [0.25, 0.3) is 0 Å². The summed E-state index contributed by atoms with van der Waals surface area (Å²) in [4.78, 5) is 2.10. The monoisotopic (exact) mass is 230 g/mol. The molecule has 2 unspecified atom stereocenters. The van der Waals surface area contributed by atoms with Gasteiger partial charge in [-0.2, -0.15) is 5.26 Å². The molecular weight excluding hydrogens is 212 g/mol. The number of nitrogens with zero attached hydrogens (tertiary/aromatic N) is 2. The highest BCUT2D eigenvalue weighted by atomic mass is 16.5. The number of hydrogen-bond acceptors (Lipinski definition) is 3. The lowest BCUT2D eigenvalue weighted by molar-refractivity contribution is 0.221. The topological polar surface area (TPSA) is 36.3 Å². The molecule has 90 valence electrons. The zero-order valence-corrected chi connectivity index (χ0v) is 10.4. The fourth-order valence-electron chi connectivity index (χ4n) is 2.21. The molecule has 3 heteroatoms. The van der Waals surface area contributed by atoms with Crippen LogP contribution in [0.5, 0.6) is 5.75 Å². The van der Waals surface area contributed by atoms with Gasteiger partial charge in [0.15, 0.2) is 0 Å². The average molecular weight is 230 g/mol. The lowest BCUT2D eigenvalue weighted by Gasteiger charge is -2.30. The van der Waals surface area contributed by atoms with Crippen molar-refractivity contribution < 1.29 is 4.74 Å². The highest BCUT2D eigenvalue weighted by molar-refractivity contribution is 5.37. The van der Waals surface area contributed by atoms with Gasteiger partial charge >= 0.3 is 0 Å². The second-order valence-electron chi connectivity index (χ2n) is 4.62. The highest BCUT2D eigenvalue weighted by Gasteiger charge is 2.23. The van der Waals surface area contributed by atoms with Gasteiger partial charge in [-0.1, -0.05) is 18.2 Å². The van der Waals surface area contributed by atoms with Crippen LogP contribution in [-0.4, -0.2) is 31.1 Å². The zero-order valence-electron chi connectivity index (χ0n) is 10.4. The number of benzene rings is 1. The van der Waals surface area contributed by atoms with Crippen LogP contribution in [0.25, 0.3) is 0 Å². The Labute approximate surface area is 103 Å². The molecular formula is C14H18N2O. The number of nitriles is 1. The molecule has 1 aliphatic rings. The van der Waals surface area contributed by atoms with E-state index in [0.717, 1.165) is 25.3 Å². The van der Waals surface area contributed by atoms with Crippen molar-refractivity contribution in [1.82, 2.24) is 4.90 Å². The van der Waals surface area contributed by atoms with Gasteiger partial charge in [0.05, 0.1) is 18.7 Å². The van der Waals surface area contributed by atoms with E-state index < -0.39 is 0 Å². The molecule has 1 aromatic rings. The van der Waals surface area contributed by atoms with Gasteiger partial charge in [0.2, 0.25) is 0 Å². The number of likely N-dealkylation sites (N-methyl/N-ethyl adjacent to an activating group) is 1. The van der Waals surface area contributed by atoms with Crippen LogP contribution in [0.1, 0.15) is 24.8 Å². The van der Waals surface area contributed by atoms with E-state index in [-0.39, 0.29) is 6.04 Å². The van der Waals surface area contributed by atoms with Crippen molar-refractivity contribution in [2.24, 2.45) is 0 Å². The molecule has 0 amide bonds. The molecule has 0 saturated heterocycles. The third-order valence-corrected chi connectivity index (χ3v) is 3.44. The SMILES string of the molecule is CC(C#N)N(C)CC1CCOc2ccccc21. The molecule has 0 fully saturated rings. The first-order valence-electron chi connectivity index (χ1n) is 6.04. The van der Waals surface area contributed by atoms with Crippen LogP contribution in [-0.2, 0) is 0 Å². The predicted octanol–water partition coefficient (Wildman–Crippen LogP) is 2.40. The second-order valence-corrected chi connectivity index (χ2v) is 4.62. The highest BCUT2D eigenvalue weighted by Crippen LogP contribution is 2.33. The van der Waals surface area contributed by atoms with Gasteiger partial charge in [-0.25, -0.2) is 0 Å². The lowest BCUT2D eigenvalue weighted by atomic mass is 9.92. The maximum Gasteiger partial charge on any atom is 0.122 e. The van der Waals surface area contributed by atoms with Crippen LogP contribution in [0, 0.1) is 11.3 Å². The van der Waals surface area contributed by atoms with E-state index in [1.165, 1.54) is 5.56 Å². The predicted molar refractivity (Wildman–Crippen MR) is 67.0 cm³/mol. The first-order chi connectivity index (χ1) is 8.22. The molecule has 0 radical (unpaired) electrons. The Balaban J connectivity index is 2.11.